The van der Waals surface area contributed by atoms with Crippen LogP contribution in [0.1, 0.15) is 21.5 Å². The van der Waals surface area contributed by atoms with Crippen LogP contribution in [0.3, 0.4) is 0 Å². The highest BCUT2D eigenvalue weighted by molar-refractivity contribution is 6.10. The first-order chi connectivity index (χ1) is 8.22. The van der Waals surface area contributed by atoms with E-state index in [4.69, 9.17) is 5.11 Å². The zero-order valence-corrected chi connectivity index (χ0v) is 9.13. The first-order valence-corrected chi connectivity index (χ1v) is 5.25. The number of rotatable bonds is 3. The highest BCUT2D eigenvalue weighted by atomic mass is 16.3. The van der Waals surface area contributed by atoms with Crippen LogP contribution in [0.15, 0.2) is 48.5 Å². The molecule has 3 heteroatoms. The standard InChI is InChI=1S/C14H12O3/c15-9-10-6-7-13(16)12(8-10)14(17)11-4-2-1-3-5-11/h1-8,15-16H,9H2. The number of phenolic OH excluding ortho intramolecular Hbond substituents is 1. The van der Waals surface area contributed by atoms with Gasteiger partial charge in [0.2, 0.25) is 0 Å². The van der Waals surface area contributed by atoms with Crippen LogP contribution in [0.4, 0.5) is 0 Å². The molecular weight excluding hydrogens is 216 g/mol. The maximum Gasteiger partial charge on any atom is 0.196 e. The summed E-state index contributed by atoms with van der Waals surface area (Å²) in [6, 6.07) is 13.2. The van der Waals surface area contributed by atoms with Crippen LogP contribution in [-0.2, 0) is 6.61 Å². The van der Waals surface area contributed by atoms with Crippen LogP contribution in [0, 0.1) is 0 Å². The smallest absolute Gasteiger partial charge is 0.196 e. The fraction of sp³-hybridized carbons (Fsp3) is 0.0714. The lowest BCUT2D eigenvalue weighted by Crippen LogP contribution is -2.02. The molecular formula is C14H12O3. The monoisotopic (exact) mass is 228 g/mol. The second-order valence-electron chi connectivity index (χ2n) is 3.70. The topological polar surface area (TPSA) is 57.5 Å². The van der Waals surface area contributed by atoms with E-state index in [0.717, 1.165) is 0 Å². The van der Waals surface area contributed by atoms with Gasteiger partial charge in [-0.3, -0.25) is 4.79 Å². The number of aromatic hydroxyl groups is 1. The van der Waals surface area contributed by atoms with Gasteiger partial charge in [-0.15, -0.1) is 0 Å². The average molecular weight is 228 g/mol. The van der Waals surface area contributed by atoms with E-state index in [9.17, 15) is 9.90 Å². The van der Waals surface area contributed by atoms with Crippen molar-refractivity contribution < 1.29 is 15.0 Å². The third-order valence-corrected chi connectivity index (χ3v) is 2.52. The molecule has 0 aromatic heterocycles. The predicted molar refractivity (Wildman–Crippen MR) is 63.9 cm³/mol. The van der Waals surface area contributed by atoms with Gasteiger partial charge >= 0.3 is 0 Å². The van der Waals surface area contributed by atoms with Crippen molar-refractivity contribution in [3.05, 3.63) is 65.2 Å². The minimum absolute atomic E-state index is 0.0731. The molecule has 0 amide bonds. The number of aliphatic hydroxyl groups is 1. The lowest BCUT2D eigenvalue weighted by atomic mass is 10.0. The summed E-state index contributed by atoms with van der Waals surface area (Å²) >= 11 is 0. The molecule has 2 aromatic rings. The number of hydrogen-bond acceptors (Lipinski definition) is 3. The normalized spacial score (nSPS) is 10.2. The molecule has 2 rings (SSSR count). The summed E-state index contributed by atoms with van der Waals surface area (Å²) in [6.45, 7) is -0.157. The summed E-state index contributed by atoms with van der Waals surface area (Å²) in [5, 5.41) is 18.7. The Morgan fingerprint density at radius 2 is 1.76 bits per heavy atom. The zero-order chi connectivity index (χ0) is 12.3. The number of phenols is 1. The van der Waals surface area contributed by atoms with E-state index in [-0.39, 0.29) is 23.7 Å². The van der Waals surface area contributed by atoms with Crippen LogP contribution in [-0.4, -0.2) is 16.0 Å². The molecule has 0 aliphatic heterocycles. The molecule has 86 valence electrons. The Kier molecular flexibility index (Phi) is 3.21. The molecule has 0 atom stereocenters. The predicted octanol–water partition coefficient (Wildman–Crippen LogP) is 2.12. The maximum atomic E-state index is 12.1. The van der Waals surface area contributed by atoms with Gasteiger partial charge in [-0.25, -0.2) is 0 Å². The van der Waals surface area contributed by atoms with Crippen molar-refractivity contribution in [1.82, 2.24) is 0 Å². The van der Waals surface area contributed by atoms with Gasteiger partial charge in [-0.1, -0.05) is 36.4 Å². The molecule has 0 aliphatic rings. The molecule has 0 spiro atoms. The summed E-state index contributed by atoms with van der Waals surface area (Å²) in [5.41, 5.74) is 1.32. The summed E-state index contributed by atoms with van der Waals surface area (Å²) in [7, 11) is 0. The van der Waals surface area contributed by atoms with Crippen LogP contribution >= 0.6 is 0 Å². The molecule has 0 saturated carbocycles. The van der Waals surface area contributed by atoms with Crippen LogP contribution < -0.4 is 0 Å². The van der Waals surface area contributed by atoms with Crippen molar-refractivity contribution in [1.29, 1.82) is 0 Å². The second-order valence-corrected chi connectivity index (χ2v) is 3.70. The van der Waals surface area contributed by atoms with Crippen LogP contribution in [0.2, 0.25) is 0 Å². The third-order valence-electron chi connectivity index (χ3n) is 2.52. The maximum absolute atomic E-state index is 12.1. The lowest BCUT2D eigenvalue weighted by Gasteiger charge is -2.05. The highest BCUT2D eigenvalue weighted by Crippen LogP contribution is 2.21. The summed E-state index contributed by atoms with van der Waals surface area (Å²) in [4.78, 5) is 12.1. The van der Waals surface area contributed by atoms with E-state index in [2.05, 4.69) is 0 Å². The number of hydrogen-bond donors (Lipinski definition) is 2. The second kappa shape index (κ2) is 4.80. The van der Waals surface area contributed by atoms with Gasteiger partial charge in [0.1, 0.15) is 5.75 Å². The summed E-state index contributed by atoms with van der Waals surface area (Å²) in [5.74, 6) is -0.325. The van der Waals surface area contributed by atoms with E-state index >= 15 is 0 Å². The molecule has 17 heavy (non-hydrogen) atoms. The largest absolute Gasteiger partial charge is 0.507 e. The van der Waals surface area contributed by atoms with Crippen molar-refractivity contribution in [2.75, 3.05) is 0 Å². The molecule has 2 N–H and O–H groups in total. The molecule has 0 fully saturated rings. The zero-order valence-electron chi connectivity index (χ0n) is 9.13. The number of benzene rings is 2. The molecule has 2 aromatic carbocycles. The minimum atomic E-state index is -0.251. The van der Waals surface area contributed by atoms with E-state index in [0.29, 0.717) is 11.1 Å². The Morgan fingerprint density at radius 1 is 1.06 bits per heavy atom. The molecule has 0 saturated heterocycles. The minimum Gasteiger partial charge on any atom is -0.507 e. The third kappa shape index (κ3) is 2.34. The van der Waals surface area contributed by atoms with E-state index in [1.165, 1.54) is 12.1 Å². The number of ketones is 1. The highest BCUT2D eigenvalue weighted by Gasteiger charge is 2.13. The number of carbonyl (C=O) groups excluding carboxylic acids is 1. The molecule has 3 nitrogen and oxygen atoms in total. The molecule has 0 aliphatic carbocycles. The molecule has 0 radical (unpaired) electrons. The van der Waals surface area contributed by atoms with Crippen molar-refractivity contribution in [2.24, 2.45) is 0 Å². The SMILES string of the molecule is O=C(c1ccccc1)c1cc(CO)ccc1O. The van der Waals surface area contributed by atoms with Gasteiger partial charge in [-0.2, -0.15) is 0 Å². The van der Waals surface area contributed by atoms with Gasteiger partial charge < -0.3 is 10.2 Å². The summed E-state index contributed by atoms with van der Waals surface area (Å²) in [6.07, 6.45) is 0. The lowest BCUT2D eigenvalue weighted by molar-refractivity contribution is 0.103. The van der Waals surface area contributed by atoms with Crippen molar-refractivity contribution in [3.8, 4) is 5.75 Å². The van der Waals surface area contributed by atoms with E-state index < -0.39 is 0 Å². The molecule has 0 heterocycles. The first-order valence-electron chi connectivity index (χ1n) is 5.25. The number of carbonyl (C=O) groups is 1. The van der Waals surface area contributed by atoms with Crippen molar-refractivity contribution in [2.45, 2.75) is 6.61 Å². The Morgan fingerprint density at radius 3 is 2.41 bits per heavy atom. The van der Waals surface area contributed by atoms with Gasteiger partial charge in [0.05, 0.1) is 12.2 Å². The Hall–Kier alpha value is -2.13. The Labute approximate surface area is 99.0 Å². The average Bonchev–Trinajstić information content (AvgIpc) is 2.39. The summed E-state index contributed by atoms with van der Waals surface area (Å²) < 4.78 is 0. The van der Waals surface area contributed by atoms with Gasteiger partial charge in [0.15, 0.2) is 5.78 Å². The molecule has 0 unspecified atom stereocenters. The fourth-order valence-electron chi connectivity index (χ4n) is 1.61. The fourth-order valence-corrected chi connectivity index (χ4v) is 1.61. The Bertz CT molecular complexity index is 532. The van der Waals surface area contributed by atoms with Gasteiger partial charge in [0, 0.05) is 5.56 Å². The van der Waals surface area contributed by atoms with Crippen molar-refractivity contribution in [3.63, 3.8) is 0 Å². The van der Waals surface area contributed by atoms with Gasteiger partial charge in [0.25, 0.3) is 0 Å². The van der Waals surface area contributed by atoms with Crippen LogP contribution in [0.5, 0.6) is 5.75 Å². The van der Waals surface area contributed by atoms with E-state index in [1.54, 1.807) is 30.3 Å². The number of aliphatic hydroxyl groups excluding tert-OH is 1. The first kappa shape index (κ1) is 11.4. The van der Waals surface area contributed by atoms with Gasteiger partial charge in [-0.05, 0) is 17.7 Å². The Balaban J connectivity index is 2.44. The van der Waals surface area contributed by atoms with E-state index in [1.807, 2.05) is 6.07 Å². The molecule has 0 bridgehead atoms. The quantitative estimate of drug-likeness (QED) is 0.791. The van der Waals surface area contributed by atoms with Crippen LogP contribution in [0.25, 0.3) is 0 Å². The van der Waals surface area contributed by atoms with Crippen molar-refractivity contribution >= 4 is 5.78 Å².